The SMILES string of the molecule is CC(C)N1C[C@H]2CC23C1=CC(=O)c1[nH]ccc13. The van der Waals surface area contributed by atoms with Gasteiger partial charge in [-0.15, -0.1) is 0 Å². The zero-order valence-corrected chi connectivity index (χ0v) is 10.2. The highest BCUT2D eigenvalue weighted by Crippen LogP contribution is 2.66. The summed E-state index contributed by atoms with van der Waals surface area (Å²) >= 11 is 0. The first-order chi connectivity index (χ1) is 8.14. The van der Waals surface area contributed by atoms with E-state index in [-0.39, 0.29) is 11.2 Å². The Morgan fingerprint density at radius 1 is 1.53 bits per heavy atom. The fourth-order valence-electron chi connectivity index (χ4n) is 3.77. The quantitative estimate of drug-likeness (QED) is 0.798. The van der Waals surface area contributed by atoms with E-state index < -0.39 is 0 Å². The maximum Gasteiger partial charge on any atom is 0.204 e. The van der Waals surface area contributed by atoms with Gasteiger partial charge in [-0.25, -0.2) is 0 Å². The number of allylic oxidation sites excluding steroid dienone is 2. The molecule has 3 heteroatoms. The van der Waals surface area contributed by atoms with Crippen LogP contribution >= 0.6 is 0 Å². The summed E-state index contributed by atoms with van der Waals surface area (Å²) in [4.78, 5) is 17.6. The van der Waals surface area contributed by atoms with E-state index in [1.165, 1.54) is 17.7 Å². The van der Waals surface area contributed by atoms with Gasteiger partial charge in [0.15, 0.2) is 0 Å². The molecule has 2 aliphatic carbocycles. The Morgan fingerprint density at radius 3 is 3.12 bits per heavy atom. The molecule has 0 bridgehead atoms. The fraction of sp³-hybridized carbons (Fsp3) is 0.500. The Kier molecular flexibility index (Phi) is 1.49. The molecule has 0 amide bonds. The largest absolute Gasteiger partial charge is 0.371 e. The van der Waals surface area contributed by atoms with Crippen LogP contribution in [0, 0.1) is 5.92 Å². The summed E-state index contributed by atoms with van der Waals surface area (Å²) in [6.07, 6.45) is 4.99. The van der Waals surface area contributed by atoms with Crippen LogP contribution < -0.4 is 0 Å². The van der Waals surface area contributed by atoms with Crippen molar-refractivity contribution in [3.05, 3.63) is 35.3 Å². The zero-order chi connectivity index (χ0) is 11.8. The monoisotopic (exact) mass is 228 g/mol. The molecule has 2 fully saturated rings. The molecular formula is C14H16N2O. The number of nitrogens with zero attached hydrogens (tertiary/aromatic N) is 1. The second kappa shape index (κ2) is 2.66. The number of H-pyrrole nitrogens is 1. The average molecular weight is 228 g/mol. The number of nitrogens with one attached hydrogen (secondary N) is 1. The standard InChI is InChI=1S/C14H16N2O/c1-8(2)16-7-9-6-14(9)10-3-4-15-13(10)11(17)5-12(14)16/h3-5,8-9,15H,6-7H2,1-2H3/t9-,14?/m1/s1. The lowest BCUT2D eigenvalue weighted by molar-refractivity contribution is 0.103. The van der Waals surface area contributed by atoms with Crippen LogP contribution in [0.4, 0.5) is 0 Å². The molecule has 1 N–H and O–H groups in total. The van der Waals surface area contributed by atoms with E-state index in [9.17, 15) is 4.79 Å². The minimum atomic E-state index is 0.142. The van der Waals surface area contributed by atoms with E-state index in [0.29, 0.717) is 6.04 Å². The molecular weight excluding hydrogens is 212 g/mol. The molecule has 1 spiro atoms. The molecule has 4 rings (SSSR count). The Bertz CT molecular complexity index is 554. The molecule has 1 saturated heterocycles. The Hall–Kier alpha value is -1.51. The van der Waals surface area contributed by atoms with Crippen LogP contribution in [0.2, 0.25) is 0 Å². The highest BCUT2D eigenvalue weighted by atomic mass is 16.1. The van der Waals surface area contributed by atoms with Crippen molar-refractivity contribution < 1.29 is 4.79 Å². The van der Waals surface area contributed by atoms with E-state index in [1.54, 1.807) is 0 Å². The molecule has 1 unspecified atom stereocenters. The number of aromatic nitrogens is 1. The summed E-state index contributed by atoms with van der Waals surface area (Å²) in [5.74, 6) is 0.864. The van der Waals surface area contributed by atoms with Gasteiger partial charge in [-0.3, -0.25) is 4.79 Å². The molecule has 2 atom stereocenters. The van der Waals surface area contributed by atoms with Crippen LogP contribution in [0.3, 0.4) is 0 Å². The van der Waals surface area contributed by atoms with Crippen molar-refractivity contribution in [1.82, 2.24) is 9.88 Å². The third-order valence-corrected chi connectivity index (χ3v) is 4.65. The summed E-state index contributed by atoms with van der Waals surface area (Å²) < 4.78 is 0. The molecule has 17 heavy (non-hydrogen) atoms. The lowest BCUT2D eigenvalue weighted by Gasteiger charge is -2.32. The van der Waals surface area contributed by atoms with Gasteiger partial charge in [0.2, 0.25) is 5.78 Å². The number of likely N-dealkylation sites (tertiary alicyclic amines) is 1. The molecule has 3 nitrogen and oxygen atoms in total. The van der Waals surface area contributed by atoms with Gasteiger partial charge in [0.1, 0.15) is 0 Å². The van der Waals surface area contributed by atoms with Gasteiger partial charge >= 0.3 is 0 Å². The van der Waals surface area contributed by atoms with Crippen molar-refractivity contribution >= 4 is 5.78 Å². The Morgan fingerprint density at radius 2 is 2.35 bits per heavy atom. The highest BCUT2D eigenvalue weighted by molar-refractivity contribution is 6.07. The Balaban J connectivity index is 1.91. The maximum atomic E-state index is 12.1. The summed E-state index contributed by atoms with van der Waals surface area (Å²) in [7, 11) is 0. The van der Waals surface area contributed by atoms with E-state index in [4.69, 9.17) is 0 Å². The number of hydrogen-bond acceptors (Lipinski definition) is 2. The molecule has 0 radical (unpaired) electrons. The van der Waals surface area contributed by atoms with Crippen LogP contribution in [0.5, 0.6) is 0 Å². The van der Waals surface area contributed by atoms with Crippen molar-refractivity contribution in [2.45, 2.75) is 31.7 Å². The molecule has 1 aromatic rings. The number of ketones is 1. The normalized spacial score (nSPS) is 33.4. The van der Waals surface area contributed by atoms with Crippen LogP contribution in [0.25, 0.3) is 0 Å². The summed E-state index contributed by atoms with van der Waals surface area (Å²) in [5.41, 5.74) is 3.53. The van der Waals surface area contributed by atoms with Gasteiger partial charge in [0.25, 0.3) is 0 Å². The number of fused-ring (bicyclic) bond motifs is 1. The van der Waals surface area contributed by atoms with Crippen LogP contribution in [0.1, 0.15) is 36.3 Å². The number of carbonyl (C=O) groups is 1. The zero-order valence-electron chi connectivity index (χ0n) is 10.2. The van der Waals surface area contributed by atoms with Crippen molar-refractivity contribution in [2.75, 3.05) is 6.54 Å². The summed E-state index contributed by atoms with van der Waals surface area (Å²) in [6.45, 7) is 5.52. The minimum absolute atomic E-state index is 0.142. The van der Waals surface area contributed by atoms with E-state index in [2.05, 4.69) is 29.8 Å². The average Bonchev–Trinajstić information content (AvgIpc) is 2.71. The van der Waals surface area contributed by atoms with Gasteiger partial charge in [-0.1, -0.05) is 0 Å². The lowest BCUT2D eigenvalue weighted by Crippen LogP contribution is -2.33. The molecule has 1 aromatic heterocycles. The summed E-state index contributed by atoms with van der Waals surface area (Å²) in [5, 5.41) is 0. The second-order valence-corrected chi connectivity index (χ2v) is 5.78. The van der Waals surface area contributed by atoms with Gasteiger partial charge in [-0.05, 0) is 37.8 Å². The number of rotatable bonds is 1. The third-order valence-electron chi connectivity index (χ3n) is 4.65. The number of aromatic amines is 1. The minimum Gasteiger partial charge on any atom is -0.371 e. The van der Waals surface area contributed by atoms with Crippen LogP contribution in [-0.2, 0) is 5.41 Å². The predicted molar refractivity (Wildman–Crippen MR) is 64.8 cm³/mol. The van der Waals surface area contributed by atoms with Gasteiger partial charge in [0, 0.05) is 36.0 Å². The van der Waals surface area contributed by atoms with Gasteiger partial charge in [0.05, 0.1) is 5.69 Å². The molecule has 0 aromatic carbocycles. The predicted octanol–water partition coefficient (Wildman–Crippen LogP) is 2.08. The van der Waals surface area contributed by atoms with Crippen molar-refractivity contribution in [1.29, 1.82) is 0 Å². The van der Waals surface area contributed by atoms with Crippen molar-refractivity contribution in [3.63, 3.8) is 0 Å². The first kappa shape index (κ1) is 9.51. The maximum absolute atomic E-state index is 12.1. The van der Waals surface area contributed by atoms with Crippen molar-refractivity contribution in [2.24, 2.45) is 5.92 Å². The first-order valence-corrected chi connectivity index (χ1v) is 6.35. The van der Waals surface area contributed by atoms with Crippen LogP contribution in [-0.4, -0.2) is 28.3 Å². The molecule has 1 aliphatic heterocycles. The Labute approximate surface area is 101 Å². The third kappa shape index (κ3) is 0.923. The van der Waals surface area contributed by atoms with Gasteiger partial charge < -0.3 is 9.88 Å². The van der Waals surface area contributed by atoms with E-state index in [1.807, 2.05) is 12.3 Å². The number of piperidine rings is 1. The van der Waals surface area contributed by atoms with E-state index >= 15 is 0 Å². The topological polar surface area (TPSA) is 36.1 Å². The second-order valence-electron chi connectivity index (χ2n) is 5.78. The summed E-state index contributed by atoms with van der Waals surface area (Å²) in [6, 6.07) is 2.59. The number of hydrogen-bond donors (Lipinski definition) is 1. The van der Waals surface area contributed by atoms with Crippen molar-refractivity contribution in [3.8, 4) is 0 Å². The molecule has 2 heterocycles. The number of carbonyl (C=O) groups excluding carboxylic acids is 1. The molecule has 3 aliphatic rings. The lowest BCUT2D eigenvalue weighted by atomic mass is 9.85. The van der Waals surface area contributed by atoms with Gasteiger partial charge in [-0.2, -0.15) is 0 Å². The van der Waals surface area contributed by atoms with Crippen LogP contribution in [0.15, 0.2) is 24.0 Å². The van der Waals surface area contributed by atoms with E-state index in [0.717, 1.165) is 18.2 Å². The first-order valence-electron chi connectivity index (χ1n) is 6.35. The fourth-order valence-corrected chi connectivity index (χ4v) is 3.77. The smallest absolute Gasteiger partial charge is 0.204 e. The molecule has 1 saturated carbocycles. The molecule has 88 valence electrons. The highest BCUT2D eigenvalue weighted by Gasteiger charge is 2.66.